The number of rotatable bonds is 8. The summed E-state index contributed by atoms with van der Waals surface area (Å²) >= 11 is 12.1. The lowest BCUT2D eigenvalue weighted by Gasteiger charge is -2.26. The maximum Gasteiger partial charge on any atom is 0.150 e. The molecule has 8 heteroatoms. The van der Waals surface area contributed by atoms with Gasteiger partial charge in [-0.25, -0.2) is 5.43 Å². The highest BCUT2D eigenvalue weighted by Gasteiger charge is 2.22. The second-order valence-corrected chi connectivity index (χ2v) is 7.04. The Balaban J connectivity index is 1.71. The third kappa shape index (κ3) is 6.19. The molecule has 0 aromatic heterocycles. The minimum absolute atomic E-state index is 0.0858. The number of hydrogen-bond acceptors (Lipinski definition) is 5. The standard InChI is InChI=1S/C21H20Cl2N4O2/c22-16-9-4-8-15(12-16)19(26-27-29-18-11-5-10-17(23)13-18)21(28)25-20(24)14-6-2-1-3-7-14/h1-13,19,21,26-28H,(H2,24,25). The Kier molecular flexibility index (Phi) is 7.46. The molecule has 2 unspecified atom stereocenters. The molecular weight excluding hydrogens is 411 g/mol. The third-order valence-corrected chi connectivity index (χ3v) is 4.53. The van der Waals surface area contributed by atoms with Crippen LogP contribution in [-0.4, -0.2) is 17.2 Å². The minimum Gasteiger partial charge on any atom is -0.394 e. The van der Waals surface area contributed by atoms with Gasteiger partial charge in [-0.15, -0.1) is 0 Å². The first-order chi connectivity index (χ1) is 14.0. The van der Waals surface area contributed by atoms with Crippen molar-refractivity contribution in [3.63, 3.8) is 0 Å². The van der Waals surface area contributed by atoms with E-state index in [1.54, 1.807) is 54.6 Å². The topological polar surface area (TPSA) is 89.4 Å². The lowest BCUT2D eigenvalue weighted by atomic mass is 10.1. The van der Waals surface area contributed by atoms with Crippen molar-refractivity contribution >= 4 is 29.0 Å². The van der Waals surface area contributed by atoms with Crippen molar-refractivity contribution in [2.24, 2.45) is 0 Å². The van der Waals surface area contributed by atoms with Gasteiger partial charge in [0.2, 0.25) is 0 Å². The fourth-order valence-electron chi connectivity index (χ4n) is 2.65. The Morgan fingerprint density at radius 3 is 2.28 bits per heavy atom. The number of hydrazine groups is 1. The average Bonchev–Trinajstić information content (AvgIpc) is 2.72. The van der Waals surface area contributed by atoms with Crippen molar-refractivity contribution in [3.05, 3.63) is 100 Å². The highest BCUT2D eigenvalue weighted by Crippen LogP contribution is 2.20. The molecule has 6 nitrogen and oxygen atoms in total. The van der Waals surface area contributed by atoms with Crippen LogP contribution in [0.15, 0.2) is 78.9 Å². The molecule has 0 heterocycles. The van der Waals surface area contributed by atoms with Gasteiger partial charge >= 0.3 is 0 Å². The summed E-state index contributed by atoms with van der Waals surface area (Å²) in [6.07, 6.45) is -1.16. The monoisotopic (exact) mass is 430 g/mol. The number of halogens is 2. The number of nitrogens with one attached hydrogen (secondary N) is 4. The average molecular weight is 431 g/mol. The molecule has 0 spiro atoms. The van der Waals surface area contributed by atoms with E-state index in [0.717, 1.165) is 0 Å². The summed E-state index contributed by atoms with van der Waals surface area (Å²) in [4.78, 5) is 5.44. The van der Waals surface area contributed by atoms with Gasteiger partial charge in [0.15, 0.2) is 0 Å². The number of aliphatic hydroxyl groups is 1. The fraction of sp³-hybridized carbons (Fsp3) is 0.0952. The summed E-state index contributed by atoms with van der Waals surface area (Å²) in [5.41, 5.74) is 6.87. The highest BCUT2D eigenvalue weighted by molar-refractivity contribution is 6.30. The number of aliphatic hydroxyl groups excluding tert-OH is 1. The van der Waals surface area contributed by atoms with Gasteiger partial charge in [0.25, 0.3) is 0 Å². The van der Waals surface area contributed by atoms with E-state index in [-0.39, 0.29) is 5.84 Å². The van der Waals surface area contributed by atoms with Gasteiger partial charge in [-0.1, -0.05) is 77.3 Å². The van der Waals surface area contributed by atoms with Crippen molar-refractivity contribution in [1.82, 2.24) is 16.3 Å². The molecule has 3 rings (SSSR count). The number of hydrogen-bond donors (Lipinski definition) is 5. The van der Waals surface area contributed by atoms with Gasteiger partial charge in [-0.2, -0.15) is 0 Å². The van der Waals surface area contributed by atoms with Crippen LogP contribution in [0.3, 0.4) is 0 Å². The van der Waals surface area contributed by atoms with Gasteiger partial charge in [-0.05, 0) is 29.8 Å². The maximum atomic E-state index is 10.8. The molecule has 29 heavy (non-hydrogen) atoms. The normalized spacial score (nSPS) is 12.8. The van der Waals surface area contributed by atoms with Crippen LogP contribution in [0, 0.1) is 5.41 Å². The van der Waals surface area contributed by atoms with E-state index in [2.05, 4.69) is 16.3 Å². The zero-order valence-electron chi connectivity index (χ0n) is 15.3. The minimum atomic E-state index is -1.16. The smallest absolute Gasteiger partial charge is 0.150 e. The van der Waals surface area contributed by atoms with Crippen molar-refractivity contribution in [1.29, 1.82) is 5.41 Å². The van der Waals surface area contributed by atoms with Gasteiger partial charge < -0.3 is 15.3 Å². The number of benzene rings is 3. The van der Waals surface area contributed by atoms with Crippen molar-refractivity contribution in [2.75, 3.05) is 0 Å². The molecule has 0 saturated heterocycles. The number of amidine groups is 1. The van der Waals surface area contributed by atoms with Crippen LogP contribution in [0.2, 0.25) is 10.0 Å². The zero-order chi connectivity index (χ0) is 20.6. The Hall–Kier alpha value is -2.61. The van der Waals surface area contributed by atoms with Crippen molar-refractivity contribution in [2.45, 2.75) is 12.3 Å². The van der Waals surface area contributed by atoms with E-state index in [4.69, 9.17) is 33.4 Å². The van der Waals surface area contributed by atoms with E-state index in [1.807, 2.05) is 24.3 Å². The van der Waals surface area contributed by atoms with Gasteiger partial charge in [0.05, 0.1) is 6.04 Å². The molecule has 0 saturated carbocycles. The van der Waals surface area contributed by atoms with Crippen LogP contribution in [0.25, 0.3) is 0 Å². The fourth-order valence-corrected chi connectivity index (χ4v) is 3.03. The molecule has 0 aliphatic rings. The van der Waals surface area contributed by atoms with Crippen molar-refractivity contribution in [3.8, 4) is 5.75 Å². The van der Waals surface area contributed by atoms with E-state index < -0.39 is 12.3 Å². The van der Waals surface area contributed by atoms with E-state index >= 15 is 0 Å². The molecule has 5 N–H and O–H groups in total. The Bertz CT molecular complexity index is 956. The molecule has 3 aromatic rings. The molecule has 2 atom stereocenters. The lowest BCUT2D eigenvalue weighted by molar-refractivity contribution is 0.0595. The van der Waals surface area contributed by atoms with Crippen LogP contribution in [0.1, 0.15) is 17.2 Å². The van der Waals surface area contributed by atoms with Crippen LogP contribution < -0.4 is 21.2 Å². The van der Waals surface area contributed by atoms with Gasteiger partial charge in [0.1, 0.15) is 17.8 Å². The SMILES string of the molecule is N=C(NC(O)C(NNOc1cccc(Cl)c1)c1cccc(Cl)c1)c1ccccc1. The van der Waals surface area contributed by atoms with Crippen LogP contribution >= 0.6 is 23.2 Å². The first kappa shape index (κ1) is 21.1. The predicted octanol–water partition coefficient (Wildman–Crippen LogP) is 4.06. The third-order valence-electron chi connectivity index (χ3n) is 4.06. The molecule has 0 radical (unpaired) electrons. The summed E-state index contributed by atoms with van der Waals surface area (Å²) in [6.45, 7) is 0. The van der Waals surface area contributed by atoms with E-state index in [9.17, 15) is 5.11 Å². The largest absolute Gasteiger partial charge is 0.394 e. The van der Waals surface area contributed by atoms with Crippen LogP contribution in [-0.2, 0) is 0 Å². The Morgan fingerprint density at radius 1 is 0.897 bits per heavy atom. The predicted molar refractivity (Wildman–Crippen MR) is 115 cm³/mol. The van der Waals surface area contributed by atoms with Gasteiger partial charge in [0, 0.05) is 21.7 Å². The summed E-state index contributed by atoms with van der Waals surface area (Å²) in [5.74, 6) is 0.581. The first-order valence-corrected chi connectivity index (χ1v) is 9.55. The van der Waals surface area contributed by atoms with E-state index in [0.29, 0.717) is 26.9 Å². The summed E-state index contributed by atoms with van der Waals surface area (Å²) in [5, 5.41) is 22.8. The van der Waals surface area contributed by atoms with Crippen molar-refractivity contribution < 1.29 is 9.94 Å². The quantitative estimate of drug-likeness (QED) is 0.161. The molecule has 3 aromatic carbocycles. The highest BCUT2D eigenvalue weighted by atomic mass is 35.5. The molecule has 0 amide bonds. The Morgan fingerprint density at radius 2 is 1.59 bits per heavy atom. The lowest BCUT2D eigenvalue weighted by Crippen LogP contribution is -2.49. The second-order valence-electron chi connectivity index (χ2n) is 6.17. The molecule has 150 valence electrons. The summed E-state index contributed by atoms with van der Waals surface area (Å²) in [6, 6.07) is 22.3. The summed E-state index contributed by atoms with van der Waals surface area (Å²) in [7, 11) is 0. The van der Waals surface area contributed by atoms with E-state index in [1.165, 1.54) is 0 Å². The van der Waals surface area contributed by atoms with Crippen LogP contribution in [0.5, 0.6) is 5.75 Å². The molecule has 0 aliphatic heterocycles. The Labute approximate surface area is 178 Å². The second kappa shape index (κ2) is 10.2. The van der Waals surface area contributed by atoms with Gasteiger partial charge in [-0.3, -0.25) is 5.41 Å². The maximum absolute atomic E-state index is 10.8. The molecule has 0 bridgehead atoms. The molecular formula is C21H20Cl2N4O2. The zero-order valence-corrected chi connectivity index (χ0v) is 16.8. The summed E-state index contributed by atoms with van der Waals surface area (Å²) < 4.78 is 0. The van der Waals surface area contributed by atoms with Crippen LogP contribution in [0.4, 0.5) is 0 Å². The molecule has 0 fully saturated rings. The first-order valence-electron chi connectivity index (χ1n) is 8.80. The molecule has 0 aliphatic carbocycles.